The molecule has 69 heavy (non-hydrogen) atoms. The highest BCUT2D eigenvalue weighted by Crippen LogP contribution is 2.14. The molecule has 1 atom stereocenters. The molecule has 0 spiro atoms. The first-order valence-electron chi connectivity index (χ1n) is 28.8. The molecular formula is C63H106O6. The molecule has 0 amide bonds. The molecule has 0 aromatic rings. The molecule has 0 radical (unpaired) electrons. The van der Waals surface area contributed by atoms with Crippen LogP contribution in [-0.4, -0.2) is 37.2 Å². The van der Waals surface area contributed by atoms with Gasteiger partial charge < -0.3 is 14.2 Å². The van der Waals surface area contributed by atoms with E-state index in [1.807, 2.05) is 6.08 Å². The molecular weight excluding hydrogens is 853 g/mol. The summed E-state index contributed by atoms with van der Waals surface area (Å²) in [5, 5.41) is 0. The number of ether oxygens (including phenoxy) is 3. The Morgan fingerprint density at radius 1 is 0.319 bits per heavy atom. The van der Waals surface area contributed by atoms with Crippen molar-refractivity contribution in [1.82, 2.24) is 0 Å². The van der Waals surface area contributed by atoms with E-state index in [1.54, 1.807) is 0 Å². The molecule has 0 aliphatic rings. The van der Waals surface area contributed by atoms with Crippen LogP contribution in [0.4, 0.5) is 0 Å². The van der Waals surface area contributed by atoms with Gasteiger partial charge in [0.05, 0.1) is 0 Å². The highest BCUT2D eigenvalue weighted by Gasteiger charge is 2.19. The lowest BCUT2D eigenvalue weighted by molar-refractivity contribution is -0.166. The maximum absolute atomic E-state index is 12.9. The normalized spacial score (nSPS) is 12.8. The van der Waals surface area contributed by atoms with Crippen molar-refractivity contribution < 1.29 is 28.6 Å². The first kappa shape index (κ1) is 65.3. The molecule has 6 heteroatoms. The molecule has 0 fully saturated rings. The average Bonchev–Trinajstić information content (AvgIpc) is 3.35. The summed E-state index contributed by atoms with van der Waals surface area (Å²) in [4.78, 5) is 38.1. The molecule has 0 aliphatic carbocycles. The van der Waals surface area contributed by atoms with E-state index < -0.39 is 6.10 Å². The molecule has 0 aromatic heterocycles. The van der Waals surface area contributed by atoms with Crippen LogP contribution in [0.2, 0.25) is 0 Å². The van der Waals surface area contributed by atoms with Crippen molar-refractivity contribution in [3.8, 4) is 0 Å². The Morgan fingerprint density at radius 3 is 1.06 bits per heavy atom. The third kappa shape index (κ3) is 55.1. The fourth-order valence-corrected chi connectivity index (χ4v) is 7.77. The predicted molar refractivity (Wildman–Crippen MR) is 297 cm³/mol. The van der Waals surface area contributed by atoms with Crippen molar-refractivity contribution in [2.75, 3.05) is 13.2 Å². The summed E-state index contributed by atoms with van der Waals surface area (Å²) >= 11 is 0. The van der Waals surface area contributed by atoms with Crippen LogP contribution in [0.5, 0.6) is 0 Å². The predicted octanol–water partition coefficient (Wildman–Crippen LogP) is 19.3. The lowest BCUT2D eigenvalue weighted by Gasteiger charge is -2.18. The fourth-order valence-electron chi connectivity index (χ4n) is 7.77. The van der Waals surface area contributed by atoms with Gasteiger partial charge >= 0.3 is 17.9 Å². The summed E-state index contributed by atoms with van der Waals surface area (Å²) in [6.07, 6.45) is 75.5. The van der Waals surface area contributed by atoms with Crippen LogP contribution < -0.4 is 0 Å². The molecule has 0 rings (SSSR count). The van der Waals surface area contributed by atoms with Gasteiger partial charge in [0.1, 0.15) is 13.2 Å². The van der Waals surface area contributed by atoms with E-state index in [2.05, 4.69) is 112 Å². The van der Waals surface area contributed by atoms with Gasteiger partial charge in [-0.05, 0) is 103 Å². The van der Waals surface area contributed by atoms with Crippen molar-refractivity contribution in [1.29, 1.82) is 0 Å². The summed E-state index contributed by atoms with van der Waals surface area (Å²) in [6, 6.07) is 0. The van der Waals surface area contributed by atoms with Gasteiger partial charge in [-0.2, -0.15) is 0 Å². The minimum Gasteiger partial charge on any atom is -0.462 e. The fraction of sp³-hybridized carbons (Fsp3) is 0.698. The van der Waals surface area contributed by atoms with Crippen LogP contribution in [0.25, 0.3) is 0 Å². The number of esters is 3. The van der Waals surface area contributed by atoms with E-state index in [4.69, 9.17) is 14.2 Å². The van der Waals surface area contributed by atoms with E-state index in [-0.39, 0.29) is 37.5 Å². The number of hydrogen-bond donors (Lipinski definition) is 0. The smallest absolute Gasteiger partial charge is 0.306 e. The van der Waals surface area contributed by atoms with Crippen LogP contribution in [-0.2, 0) is 28.6 Å². The van der Waals surface area contributed by atoms with Crippen molar-refractivity contribution in [3.63, 3.8) is 0 Å². The molecule has 0 aliphatic heterocycles. The van der Waals surface area contributed by atoms with Crippen LogP contribution in [0.1, 0.15) is 265 Å². The zero-order valence-corrected chi connectivity index (χ0v) is 45.0. The van der Waals surface area contributed by atoms with Gasteiger partial charge in [-0.3, -0.25) is 14.4 Å². The highest BCUT2D eigenvalue weighted by molar-refractivity contribution is 5.71. The molecule has 0 heterocycles. The second-order valence-corrected chi connectivity index (χ2v) is 18.8. The van der Waals surface area contributed by atoms with Gasteiger partial charge in [-0.1, -0.05) is 240 Å². The van der Waals surface area contributed by atoms with Crippen LogP contribution in [0, 0.1) is 0 Å². The Hall–Kier alpha value is -3.67. The van der Waals surface area contributed by atoms with E-state index in [0.29, 0.717) is 19.3 Å². The standard InChI is InChI=1S/C63H106O6/c1-4-7-10-13-16-19-22-25-28-31-33-35-38-41-44-47-50-53-56-62(65)68-59-60(58-67-61(64)55-52-49-46-43-40-37-34-30-27-24-21-18-15-12-9-6-3)69-63(66)57-54-51-48-45-42-39-36-32-29-26-23-20-17-14-11-8-5-2/h9,12,18,21,26-31,33,35,37,40,46,49,60H,4-8,10-11,13-17,19-20,22-25,32,34,36,38-39,41-45,47-48,50-59H2,1-3H3/b12-9-,21-18-,29-26-,30-27-,31-28-,35-33-,40-37-,49-46-. The Kier molecular flexibility index (Phi) is 53.9. The van der Waals surface area contributed by atoms with E-state index in [0.717, 1.165) is 89.9 Å². The summed E-state index contributed by atoms with van der Waals surface area (Å²) in [5.41, 5.74) is 0. The number of rotatable bonds is 51. The average molecular weight is 960 g/mol. The summed E-state index contributed by atoms with van der Waals surface area (Å²) < 4.78 is 16.8. The Labute approximate surface area is 426 Å². The monoisotopic (exact) mass is 959 g/mol. The molecule has 394 valence electrons. The van der Waals surface area contributed by atoms with Gasteiger partial charge in [0.25, 0.3) is 0 Å². The van der Waals surface area contributed by atoms with E-state index in [1.165, 1.54) is 128 Å². The van der Waals surface area contributed by atoms with Gasteiger partial charge in [0, 0.05) is 19.3 Å². The van der Waals surface area contributed by atoms with Crippen LogP contribution in [0.3, 0.4) is 0 Å². The van der Waals surface area contributed by atoms with Gasteiger partial charge in [-0.25, -0.2) is 0 Å². The second kappa shape index (κ2) is 56.9. The number of carbonyl (C=O) groups is 3. The Balaban J connectivity index is 4.51. The lowest BCUT2D eigenvalue weighted by Crippen LogP contribution is -2.30. The molecule has 0 aromatic carbocycles. The summed E-state index contributed by atoms with van der Waals surface area (Å²) in [5.74, 6) is -1.01. The van der Waals surface area contributed by atoms with Gasteiger partial charge in [0.15, 0.2) is 6.10 Å². The van der Waals surface area contributed by atoms with Crippen molar-refractivity contribution in [2.45, 2.75) is 271 Å². The largest absolute Gasteiger partial charge is 0.462 e. The maximum Gasteiger partial charge on any atom is 0.306 e. The zero-order chi connectivity index (χ0) is 50.0. The van der Waals surface area contributed by atoms with Gasteiger partial charge in [-0.15, -0.1) is 0 Å². The number of unbranched alkanes of at least 4 members (excludes halogenated alkanes) is 25. The quantitative estimate of drug-likeness (QED) is 0.0199. The van der Waals surface area contributed by atoms with Crippen molar-refractivity contribution in [2.24, 2.45) is 0 Å². The highest BCUT2D eigenvalue weighted by atomic mass is 16.6. The third-order valence-corrected chi connectivity index (χ3v) is 12.1. The number of allylic oxidation sites excluding steroid dienone is 16. The Bertz CT molecular complexity index is 1380. The summed E-state index contributed by atoms with van der Waals surface area (Å²) in [6.45, 7) is 6.44. The van der Waals surface area contributed by atoms with Gasteiger partial charge in [0.2, 0.25) is 0 Å². The van der Waals surface area contributed by atoms with Crippen LogP contribution >= 0.6 is 0 Å². The minimum absolute atomic E-state index is 0.110. The molecule has 0 saturated heterocycles. The molecule has 6 nitrogen and oxygen atoms in total. The Morgan fingerprint density at radius 2 is 0.638 bits per heavy atom. The minimum atomic E-state index is -0.817. The molecule has 0 N–H and O–H groups in total. The first-order valence-corrected chi connectivity index (χ1v) is 28.8. The third-order valence-electron chi connectivity index (χ3n) is 12.1. The summed E-state index contributed by atoms with van der Waals surface area (Å²) in [7, 11) is 0. The van der Waals surface area contributed by atoms with Crippen LogP contribution in [0.15, 0.2) is 97.2 Å². The number of carbonyl (C=O) groups excluding carboxylic acids is 3. The maximum atomic E-state index is 12.9. The second-order valence-electron chi connectivity index (χ2n) is 18.8. The SMILES string of the molecule is CC/C=C\C/C=C\C/C=C\C/C=C\C/C=C\CCC(=O)OCC(COC(=O)CCCCCCC/C=C\C=C/CCCCCCCCC)OC(=O)CCCCCCCCC/C=C\CCCCCCCC. The van der Waals surface area contributed by atoms with E-state index in [9.17, 15) is 14.4 Å². The van der Waals surface area contributed by atoms with Crippen molar-refractivity contribution in [3.05, 3.63) is 97.2 Å². The topological polar surface area (TPSA) is 78.9 Å². The number of hydrogen-bond acceptors (Lipinski definition) is 6. The first-order chi connectivity index (χ1) is 34.0. The molecule has 0 saturated carbocycles. The van der Waals surface area contributed by atoms with E-state index >= 15 is 0 Å². The zero-order valence-electron chi connectivity index (χ0n) is 45.0. The lowest BCUT2D eigenvalue weighted by atomic mass is 10.1. The van der Waals surface area contributed by atoms with Crippen molar-refractivity contribution >= 4 is 17.9 Å². The molecule has 0 bridgehead atoms. The molecule has 1 unspecified atom stereocenters.